The van der Waals surface area contributed by atoms with Gasteiger partial charge in [-0.25, -0.2) is 0 Å². The van der Waals surface area contributed by atoms with Crippen molar-refractivity contribution in [1.29, 1.82) is 5.26 Å². The Morgan fingerprint density at radius 2 is 1.35 bits per heavy atom. The Hall–Kier alpha value is -1.37. The summed E-state index contributed by atoms with van der Waals surface area (Å²) in [5, 5.41) is 12.4. The van der Waals surface area contributed by atoms with E-state index in [-0.39, 0.29) is 11.1 Å². The molecular weight excluding hydrogens is 320 g/mol. The van der Waals surface area contributed by atoms with Crippen LogP contribution >= 0.6 is 0 Å². The molecule has 1 aromatic carbocycles. The van der Waals surface area contributed by atoms with E-state index in [4.69, 9.17) is 4.84 Å². The molecule has 0 N–H and O–H groups in total. The molecule has 0 radical (unpaired) electrons. The van der Waals surface area contributed by atoms with Crippen molar-refractivity contribution in [2.45, 2.75) is 102 Å². The van der Waals surface area contributed by atoms with Crippen LogP contribution in [0.2, 0.25) is 0 Å². The molecule has 26 heavy (non-hydrogen) atoms. The van der Waals surface area contributed by atoms with Crippen molar-refractivity contribution in [2.75, 3.05) is 0 Å². The van der Waals surface area contributed by atoms with E-state index in [1.54, 1.807) is 0 Å². The molecule has 3 rings (SSSR count). The van der Waals surface area contributed by atoms with Crippen molar-refractivity contribution >= 4 is 0 Å². The molecule has 0 saturated heterocycles. The Morgan fingerprint density at radius 1 is 0.885 bits per heavy atom. The topological polar surface area (TPSA) is 36.3 Å². The molecule has 1 aliphatic heterocycles. The molecule has 0 aromatic heterocycles. The Balaban J connectivity index is 2.15. The first kappa shape index (κ1) is 19.4. The lowest BCUT2D eigenvalue weighted by Crippen LogP contribution is -2.55. The van der Waals surface area contributed by atoms with E-state index in [1.165, 1.54) is 17.5 Å². The molecule has 0 bridgehead atoms. The zero-order valence-corrected chi connectivity index (χ0v) is 17.0. The summed E-state index contributed by atoms with van der Waals surface area (Å²) in [6.07, 6.45) is 9.05. The van der Waals surface area contributed by atoms with Crippen LogP contribution in [0.4, 0.5) is 0 Å². The number of hydrogen-bond acceptors (Lipinski definition) is 3. The monoisotopic (exact) mass is 354 g/mol. The Labute approximate surface area is 159 Å². The summed E-state index contributed by atoms with van der Waals surface area (Å²) in [4.78, 5) is 6.84. The highest BCUT2D eigenvalue weighted by Gasteiger charge is 2.58. The second-order valence-electron chi connectivity index (χ2n) is 8.08. The van der Waals surface area contributed by atoms with Crippen molar-refractivity contribution in [3.05, 3.63) is 35.4 Å². The van der Waals surface area contributed by atoms with Gasteiger partial charge in [0, 0.05) is 0 Å². The number of hydrogen-bond donors (Lipinski definition) is 0. The molecular formula is C23H34N2O. The molecule has 3 heteroatoms. The molecule has 0 spiro atoms. The van der Waals surface area contributed by atoms with Gasteiger partial charge in [-0.3, -0.25) is 4.84 Å². The first-order valence-corrected chi connectivity index (χ1v) is 10.6. The smallest absolute Gasteiger partial charge is 0.175 e. The van der Waals surface area contributed by atoms with E-state index < -0.39 is 5.60 Å². The third-order valence-corrected chi connectivity index (χ3v) is 7.18. The first-order valence-electron chi connectivity index (χ1n) is 10.6. The van der Waals surface area contributed by atoms with E-state index in [2.05, 4.69) is 63.1 Å². The summed E-state index contributed by atoms with van der Waals surface area (Å²) in [5.74, 6) is 0. The number of fused-ring (bicyclic) bond motifs is 1. The summed E-state index contributed by atoms with van der Waals surface area (Å²) in [6, 6.07) is 11.4. The molecule has 1 aromatic rings. The van der Waals surface area contributed by atoms with E-state index in [0.717, 1.165) is 51.4 Å². The minimum atomic E-state index is -0.661. The number of nitrogens with zero attached hydrogens (tertiary/aromatic N) is 2. The predicted molar refractivity (Wildman–Crippen MR) is 105 cm³/mol. The maximum atomic E-state index is 10.0. The predicted octanol–water partition coefficient (Wildman–Crippen LogP) is 6.19. The summed E-state index contributed by atoms with van der Waals surface area (Å²) < 4.78 is 0. The van der Waals surface area contributed by atoms with Gasteiger partial charge in [0.15, 0.2) is 5.60 Å². The fourth-order valence-corrected chi connectivity index (χ4v) is 5.46. The minimum absolute atomic E-state index is 0.149. The second-order valence-corrected chi connectivity index (χ2v) is 8.08. The molecule has 1 aliphatic carbocycles. The zero-order chi connectivity index (χ0) is 18.8. The third kappa shape index (κ3) is 2.62. The molecule has 142 valence electrons. The van der Waals surface area contributed by atoms with Crippen molar-refractivity contribution in [2.24, 2.45) is 0 Å². The summed E-state index contributed by atoms with van der Waals surface area (Å²) in [5.41, 5.74) is 1.84. The zero-order valence-electron chi connectivity index (χ0n) is 17.0. The van der Waals surface area contributed by atoms with Crippen LogP contribution in [0.25, 0.3) is 0 Å². The molecule has 1 fully saturated rings. The maximum absolute atomic E-state index is 10.0. The Bertz CT molecular complexity index is 622. The first-order chi connectivity index (χ1) is 12.6. The number of hydroxylamine groups is 2. The van der Waals surface area contributed by atoms with Crippen LogP contribution in [0.3, 0.4) is 0 Å². The molecule has 3 nitrogen and oxygen atoms in total. The maximum Gasteiger partial charge on any atom is 0.175 e. The van der Waals surface area contributed by atoms with Gasteiger partial charge >= 0.3 is 0 Å². The van der Waals surface area contributed by atoms with Gasteiger partial charge in [0.1, 0.15) is 0 Å². The van der Waals surface area contributed by atoms with Gasteiger partial charge in [0.25, 0.3) is 0 Å². The number of benzene rings is 1. The average Bonchev–Trinajstić information content (AvgIpc) is 2.94. The average molecular weight is 355 g/mol. The van der Waals surface area contributed by atoms with Gasteiger partial charge in [-0.15, -0.1) is 0 Å². The Kier molecular flexibility index (Phi) is 5.47. The third-order valence-electron chi connectivity index (χ3n) is 7.18. The highest BCUT2D eigenvalue weighted by atomic mass is 16.7. The van der Waals surface area contributed by atoms with Crippen molar-refractivity contribution in [3.63, 3.8) is 0 Å². The number of nitriles is 1. The van der Waals surface area contributed by atoms with Crippen molar-refractivity contribution < 1.29 is 4.84 Å². The van der Waals surface area contributed by atoms with E-state index >= 15 is 0 Å². The molecule has 0 amide bonds. The molecule has 0 atom stereocenters. The quantitative estimate of drug-likeness (QED) is 0.611. The highest BCUT2D eigenvalue weighted by Crippen LogP contribution is 2.57. The highest BCUT2D eigenvalue weighted by molar-refractivity contribution is 5.44. The summed E-state index contributed by atoms with van der Waals surface area (Å²) >= 11 is 0. The van der Waals surface area contributed by atoms with Crippen LogP contribution in [0.5, 0.6) is 0 Å². The van der Waals surface area contributed by atoms with Gasteiger partial charge in [0.2, 0.25) is 0 Å². The van der Waals surface area contributed by atoms with Gasteiger partial charge in [-0.05, 0) is 62.5 Å². The fourth-order valence-electron chi connectivity index (χ4n) is 5.46. The van der Waals surface area contributed by atoms with Gasteiger partial charge in [-0.1, -0.05) is 58.4 Å². The van der Waals surface area contributed by atoms with Gasteiger partial charge in [0.05, 0.1) is 17.1 Å². The van der Waals surface area contributed by atoms with E-state index in [0.29, 0.717) is 0 Å². The molecule has 0 unspecified atom stereocenters. The SMILES string of the molecule is CCC1(CC)c2ccccc2C(CC)(CC)N1OC1(C#N)CCCCC1. The van der Waals surface area contributed by atoms with E-state index in [1.807, 2.05) is 0 Å². The molecule has 1 heterocycles. The van der Waals surface area contributed by atoms with Crippen molar-refractivity contribution in [1.82, 2.24) is 5.06 Å². The number of rotatable bonds is 6. The normalized spacial score (nSPS) is 23.3. The summed E-state index contributed by atoms with van der Waals surface area (Å²) in [6.45, 7) is 9.05. The van der Waals surface area contributed by atoms with Crippen LogP contribution in [-0.4, -0.2) is 10.7 Å². The Morgan fingerprint density at radius 3 is 1.73 bits per heavy atom. The van der Waals surface area contributed by atoms with E-state index in [9.17, 15) is 5.26 Å². The van der Waals surface area contributed by atoms with Crippen LogP contribution < -0.4 is 0 Å². The molecule has 1 saturated carbocycles. The van der Waals surface area contributed by atoms with Crippen LogP contribution in [0.1, 0.15) is 96.6 Å². The van der Waals surface area contributed by atoms with Gasteiger partial charge < -0.3 is 0 Å². The van der Waals surface area contributed by atoms with Crippen LogP contribution in [0, 0.1) is 11.3 Å². The standard InChI is InChI=1S/C23H34N2O/c1-5-22(6-2)19-14-10-11-15-20(19)23(7-3,8-4)25(22)26-21(18-24)16-12-9-13-17-21/h10-11,14-15H,5-9,12-13,16-17H2,1-4H3. The van der Waals surface area contributed by atoms with Crippen LogP contribution in [-0.2, 0) is 15.9 Å². The largest absolute Gasteiger partial charge is 0.275 e. The van der Waals surface area contributed by atoms with Crippen LogP contribution in [0.15, 0.2) is 24.3 Å². The lowest BCUT2D eigenvalue weighted by atomic mass is 9.83. The lowest BCUT2D eigenvalue weighted by molar-refractivity contribution is -0.329. The fraction of sp³-hybridized carbons (Fsp3) is 0.696. The minimum Gasteiger partial charge on any atom is -0.275 e. The second kappa shape index (κ2) is 7.33. The lowest BCUT2D eigenvalue weighted by Gasteiger charge is -2.49. The molecule has 2 aliphatic rings. The summed E-state index contributed by atoms with van der Waals surface area (Å²) in [7, 11) is 0. The van der Waals surface area contributed by atoms with Crippen molar-refractivity contribution in [3.8, 4) is 6.07 Å². The van der Waals surface area contributed by atoms with Gasteiger partial charge in [-0.2, -0.15) is 10.3 Å².